The molecule has 0 bridgehead atoms. The number of benzene rings is 1. The van der Waals surface area contributed by atoms with Gasteiger partial charge in [0, 0.05) is 6.07 Å². The predicted octanol–water partition coefficient (Wildman–Crippen LogP) is 1.77. The molecule has 0 aliphatic rings. The number of anilines is 1. The molecule has 2 aromatic rings. The van der Waals surface area contributed by atoms with Gasteiger partial charge in [0.1, 0.15) is 5.58 Å². The molecule has 1 aromatic carbocycles. The van der Waals surface area contributed by atoms with Crippen molar-refractivity contribution in [3.63, 3.8) is 0 Å². The standard InChI is InChI=1S/C10H9NO3/c1-13-11-7-2-3-10-8(6-7)9(12)4-5-14-10/h2-6,11H,1H3. The second kappa shape index (κ2) is 3.51. The fourth-order valence-corrected chi connectivity index (χ4v) is 1.27. The highest BCUT2D eigenvalue weighted by atomic mass is 16.6. The van der Waals surface area contributed by atoms with Crippen LogP contribution in [0, 0.1) is 0 Å². The van der Waals surface area contributed by atoms with Crippen molar-refractivity contribution in [3.8, 4) is 0 Å². The lowest BCUT2D eigenvalue weighted by Crippen LogP contribution is -2.00. The van der Waals surface area contributed by atoms with E-state index in [-0.39, 0.29) is 5.43 Å². The summed E-state index contributed by atoms with van der Waals surface area (Å²) in [6.07, 6.45) is 1.38. The molecule has 0 aliphatic heterocycles. The number of hydrogen-bond donors (Lipinski definition) is 1. The second-order valence-electron chi connectivity index (χ2n) is 2.80. The van der Waals surface area contributed by atoms with Gasteiger partial charge in [-0.3, -0.25) is 15.1 Å². The first-order chi connectivity index (χ1) is 6.81. The summed E-state index contributed by atoms with van der Waals surface area (Å²) in [5.41, 5.74) is 3.87. The smallest absolute Gasteiger partial charge is 0.192 e. The third kappa shape index (κ3) is 1.47. The molecular formula is C10H9NO3. The first kappa shape index (κ1) is 8.77. The minimum Gasteiger partial charge on any atom is -0.464 e. The van der Waals surface area contributed by atoms with Crippen molar-refractivity contribution in [3.05, 3.63) is 40.8 Å². The summed E-state index contributed by atoms with van der Waals surface area (Å²) >= 11 is 0. The van der Waals surface area contributed by atoms with E-state index < -0.39 is 0 Å². The molecule has 0 amide bonds. The van der Waals surface area contributed by atoms with E-state index in [0.29, 0.717) is 11.0 Å². The summed E-state index contributed by atoms with van der Waals surface area (Å²) in [6, 6.07) is 6.57. The van der Waals surface area contributed by atoms with Gasteiger partial charge >= 0.3 is 0 Å². The van der Waals surface area contributed by atoms with E-state index in [4.69, 9.17) is 9.25 Å². The van der Waals surface area contributed by atoms with Gasteiger partial charge in [-0.2, -0.15) is 0 Å². The molecule has 1 heterocycles. The maximum absolute atomic E-state index is 11.4. The lowest BCUT2D eigenvalue weighted by Gasteiger charge is -2.02. The minimum atomic E-state index is -0.0639. The quantitative estimate of drug-likeness (QED) is 0.735. The van der Waals surface area contributed by atoms with Gasteiger partial charge in [0.2, 0.25) is 0 Å². The van der Waals surface area contributed by atoms with Gasteiger partial charge in [-0.1, -0.05) is 0 Å². The van der Waals surface area contributed by atoms with Crippen LogP contribution >= 0.6 is 0 Å². The van der Waals surface area contributed by atoms with Gasteiger partial charge in [0.05, 0.1) is 24.4 Å². The molecular weight excluding hydrogens is 182 g/mol. The predicted molar refractivity (Wildman–Crippen MR) is 53.1 cm³/mol. The maximum atomic E-state index is 11.4. The second-order valence-corrected chi connectivity index (χ2v) is 2.80. The topological polar surface area (TPSA) is 51.5 Å². The Morgan fingerprint density at radius 1 is 1.36 bits per heavy atom. The maximum Gasteiger partial charge on any atom is 0.192 e. The number of hydrogen-bond acceptors (Lipinski definition) is 4. The molecule has 0 aliphatic carbocycles. The van der Waals surface area contributed by atoms with E-state index in [0.717, 1.165) is 5.69 Å². The molecule has 1 N–H and O–H groups in total. The van der Waals surface area contributed by atoms with Crippen LogP contribution in [-0.2, 0) is 4.84 Å². The SMILES string of the molecule is CONc1ccc2occc(=O)c2c1. The lowest BCUT2D eigenvalue weighted by molar-refractivity contribution is 0.271. The van der Waals surface area contributed by atoms with Crippen molar-refractivity contribution in [2.75, 3.05) is 12.6 Å². The summed E-state index contributed by atoms with van der Waals surface area (Å²) < 4.78 is 5.16. The Balaban J connectivity index is 2.64. The molecule has 0 radical (unpaired) electrons. The average molecular weight is 191 g/mol. The molecule has 0 spiro atoms. The van der Waals surface area contributed by atoms with Crippen molar-refractivity contribution in [1.29, 1.82) is 0 Å². The number of rotatable bonds is 2. The lowest BCUT2D eigenvalue weighted by atomic mass is 10.2. The van der Waals surface area contributed by atoms with Gasteiger partial charge in [-0.25, -0.2) is 0 Å². The highest BCUT2D eigenvalue weighted by Crippen LogP contribution is 2.15. The van der Waals surface area contributed by atoms with Crippen molar-refractivity contribution in [2.24, 2.45) is 0 Å². The molecule has 0 unspecified atom stereocenters. The normalized spacial score (nSPS) is 10.4. The van der Waals surface area contributed by atoms with Crippen LogP contribution < -0.4 is 10.9 Å². The van der Waals surface area contributed by atoms with Gasteiger partial charge < -0.3 is 4.42 Å². The van der Waals surface area contributed by atoms with E-state index in [1.807, 2.05) is 0 Å². The largest absolute Gasteiger partial charge is 0.464 e. The van der Waals surface area contributed by atoms with E-state index in [1.54, 1.807) is 18.2 Å². The van der Waals surface area contributed by atoms with Crippen LogP contribution in [0.15, 0.2) is 39.7 Å². The molecule has 0 atom stereocenters. The summed E-state index contributed by atoms with van der Waals surface area (Å²) in [5, 5.41) is 0.537. The zero-order valence-electron chi connectivity index (χ0n) is 7.61. The Morgan fingerprint density at radius 2 is 2.21 bits per heavy atom. The fourth-order valence-electron chi connectivity index (χ4n) is 1.27. The molecule has 2 rings (SSSR count). The Morgan fingerprint density at radius 3 is 3.00 bits per heavy atom. The van der Waals surface area contributed by atoms with Gasteiger partial charge in [0.15, 0.2) is 5.43 Å². The Bertz CT molecular complexity index is 504. The zero-order valence-corrected chi connectivity index (χ0v) is 7.61. The molecule has 14 heavy (non-hydrogen) atoms. The van der Waals surface area contributed by atoms with Crippen molar-refractivity contribution in [1.82, 2.24) is 0 Å². The van der Waals surface area contributed by atoms with Crippen molar-refractivity contribution >= 4 is 16.7 Å². The highest BCUT2D eigenvalue weighted by Gasteiger charge is 2.00. The molecule has 1 aromatic heterocycles. The Hall–Kier alpha value is -1.81. The summed E-state index contributed by atoms with van der Waals surface area (Å²) in [7, 11) is 1.51. The highest BCUT2D eigenvalue weighted by molar-refractivity contribution is 5.80. The van der Waals surface area contributed by atoms with Gasteiger partial charge in [0.25, 0.3) is 0 Å². The third-order valence-corrected chi connectivity index (χ3v) is 1.88. The van der Waals surface area contributed by atoms with Gasteiger partial charge in [-0.15, -0.1) is 0 Å². The van der Waals surface area contributed by atoms with E-state index >= 15 is 0 Å². The van der Waals surface area contributed by atoms with Gasteiger partial charge in [-0.05, 0) is 18.2 Å². The van der Waals surface area contributed by atoms with E-state index in [2.05, 4.69) is 5.48 Å². The number of nitrogens with one attached hydrogen (secondary N) is 1. The summed E-state index contributed by atoms with van der Waals surface area (Å²) in [5.74, 6) is 0. The van der Waals surface area contributed by atoms with Crippen LogP contribution in [0.25, 0.3) is 11.0 Å². The minimum absolute atomic E-state index is 0.0639. The third-order valence-electron chi connectivity index (χ3n) is 1.88. The molecule has 72 valence electrons. The molecule has 4 nitrogen and oxygen atoms in total. The molecule has 0 saturated heterocycles. The number of fused-ring (bicyclic) bond motifs is 1. The summed E-state index contributed by atoms with van der Waals surface area (Å²) in [4.78, 5) is 16.1. The Labute approximate surface area is 80.1 Å². The van der Waals surface area contributed by atoms with Crippen molar-refractivity contribution in [2.45, 2.75) is 0 Å². The zero-order chi connectivity index (χ0) is 9.97. The van der Waals surface area contributed by atoms with Crippen LogP contribution in [0.1, 0.15) is 0 Å². The van der Waals surface area contributed by atoms with E-state index in [9.17, 15) is 4.79 Å². The van der Waals surface area contributed by atoms with Crippen LogP contribution in [0.4, 0.5) is 5.69 Å². The van der Waals surface area contributed by atoms with Crippen LogP contribution in [0.2, 0.25) is 0 Å². The van der Waals surface area contributed by atoms with Crippen LogP contribution in [0.5, 0.6) is 0 Å². The van der Waals surface area contributed by atoms with Crippen LogP contribution in [0.3, 0.4) is 0 Å². The van der Waals surface area contributed by atoms with Crippen molar-refractivity contribution < 1.29 is 9.25 Å². The molecule has 0 saturated carbocycles. The van der Waals surface area contributed by atoms with Crippen LogP contribution in [-0.4, -0.2) is 7.11 Å². The monoisotopic (exact) mass is 191 g/mol. The average Bonchev–Trinajstić information content (AvgIpc) is 2.20. The first-order valence-electron chi connectivity index (χ1n) is 4.12. The first-order valence-corrected chi connectivity index (χ1v) is 4.12. The molecule has 4 heteroatoms. The fraction of sp³-hybridized carbons (Fsp3) is 0.100. The summed E-state index contributed by atoms with van der Waals surface area (Å²) in [6.45, 7) is 0. The Kier molecular flexibility index (Phi) is 2.20. The van der Waals surface area contributed by atoms with E-state index in [1.165, 1.54) is 19.4 Å². The molecule has 0 fully saturated rings.